The van der Waals surface area contributed by atoms with Crippen LogP contribution in [0.25, 0.3) is 0 Å². The Labute approximate surface area is 150 Å². The highest BCUT2D eigenvalue weighted by molar-refractivity contribution is 7.89. The molecule has 0 aromatic heterocycles. The predicted molar refractivity (Wildman–Crippen MR) is 88.2 cm³/mol. The fourth-order valence-electron chi connectivity index (χ4n) is 3.34. The maximum atomic E-state index is 13.9. The Balaban J connectivity index is 1.86. The molecule has 0 spiro atoms. The molecule has 2 atom stereocenters. The molecule has 1 amide bonds. The maximum absolute atomic E-state index is 13.9. The molecule has 1 aromatic carbocycles. The van der Waals surface area contributed by atoms with E-state index in [-0.39, 0.29) is 38.6 Å². The van der Waals surface area contributed by atoms with Gasteiger partial charge in [0.15, 0.2) is 0 Å². The Bertz CT molecular complexity index is 769. The lowest BCUT2D eigenvalue weighted by Crippen LogP contribution is -2.47. The van der Waals surface area contributed by atoms with Gasteiger partial charge in [0.05, 0.1) is 31.1 Å². The first-order valence-electron chi connectivity index (χ1n) is 8.18. The molecule has 0 bridgehead atoms. The van der Waals surface area contributed by atoms with Crippen molar-refractivity contribution in [2.24, 2.45) is 0 Å². The fraction of sp³-hybridized carbons (Fsp3) is 0.562. The average Bonchev–Trinajstić information content (AvgIpc) is 2.93. The summed E-state index contributed by atoms with van der Waals surface area (Å²) in [6.45, 7) is 0.386. The van der Waals surface area contributed by atoms with Crippen molar-refractivity contribution in [1.82, 2.24) is 9.21 Å². The van der Waals surface area contributed by atoms with Crippen LogP contribution in [-0.2, 0) is 19.5 Å². The minimum atomic E-state index is -3.57. The topological polar surface area (TPSA) is 76.2 Å². The van der Waals surface area contributed by atoms with Crippen LogP contribution in [0.1, 0.15) is 10.4 Å². The number of sulfonamides is 1. The van der Waals surface area contributed by atoms with Gasteiger partial charge in [0.25, 0.3) is 5.91 Å². The number of carbonyl (C=O) groups excluding carboxylic acids is 1. The van der Waals surface area contributed by atoms with Crippen LogP contribution < -0.4 is 0 Å². The Kier molecular flexibility index (Phi) is 5.56. The largest absolute Gasteiger partial charge is 0.383 e. The van der Waals surface area contributed by atoms with Crippen molar-refractivity contribution in [2.45, 2.75) is 12.1 Å². The number of methoxy groups -OCH3 is 1. The number of nitrogens with zero attached hydrogens (tertiary/aromatic N) is 2. The van der Waals surface area contributed by atoms with E-state index in [9.17, 15) is 22.0 Å². The van der Waals surface area contributed by atoms with E-state index >= 15 is 0 Å². The monoisotopic (exact) mass is 390 g/mol. The van der Waals surface area contributed by atoms with Crippen LogP contribution in [0.4, 0.5) is 8.78 Å². The van der Waals surface area contributed by atoms with Crippen molar-refractivity contribution >= 4 is 15.9 Å². The standard InChI is InChI=1S/C16H20F2N2O5S/c1-24-6-5-20-13-9-19(10-14(13)25-7-8-26(20,22)23)16(21)15-11(17)3-2-4-12(15)18/h2-4,13-14H,5-10H2,1H3/t13-,14+/m1/s1. The van der Waals surface area contributed by atoms with Gasteiger partial charge in [0, 0.05) is 26.7 Å². The van der Waals surface area contributed by atoms with E-state index in [4.69, 9.17) is 9.47 Å². The molecule has 0 N–H and O–H groups in total. The molecule has 0 radical (unpaired) electrons. The number of carbonyl (C=O) groups is 1. The molecule has 26 heavy (non-hydrogen) atoms. The van der Waals surface area contributed by atoms with Gasteiger partial charge in [-0.1, -0.05) is 6.07 Å². The molecule has 0 aliphatic carbocycles. The summed E-state index contributed by atoms with van der Waals surface area (Å²) in [6, 6.07) is 2.58. The van der Waals surface area contributed by atoms with E-state index in [0.29, 0.717) is 0 Å². The van der Waals surface area contributed by atoms with E-state index in [1.807, 2.05) is 0 Å². The van der Waals surface area contributed by atoms with Gasteiger partial charge in [-0.2, -0.15) is 4.31 Å². The van der Waals surface area contributed by atoms with Crippen molar-refractivity contribution in [3.05, 3.63) is 35.4 Å². The number of hydrogen-bond donors (Lipinski definition) is 0. The molecule has 0 saturated carbocycles. The van der Waals surface area contributed by atoms with Crippen LogP contribution in [0.15, 0.2) is 18.2 Å². The molecule has 2 fully saturated rings. The lowest BCUT2D eigenvalue weighted by atomic mass is 10.1. The lowest BCUT2D eigenvalue weighted by Gasteiger charge is -2.27. The molecule has 2 aliphatic heterocycles. The van der Waals surface area contributed by atoms with Gasteiger partial charge in [-0.05, 0) is 12.1 Å². The Morgan fingerprint density at radius 2 is 2.00 bits per heavy atom. The van der Waals surface area contributed by atoms with Gasteiger partial charge in [-0.15, -0.1) is 0 Å². The maximum Gasteiger partial charge on any atom is 0.259 e. The molecular formula is C16H20F2N2O5S. The first-order valence-corrected chi connectivity index (χ1v) is 9.79. The number of amides is 1. The molecule has 3 rings (SSSR count). The third kappa shape index (κ3) is 3.59. The molecular weight excluding hydrogens is 370 g/mol. The molecule has 0 unspecified atom stereocenters. The zero-order valence-corrected chi connectivity index (χ0v) is 15.0. The first kappa shape index (κ1) is 19.2. The van der Waals surface area contributed by atoms with E-state index in [1.165, 1.54) is 22.4 Å². The van der Waals surface area contributed by atoms with Crippen molar-refractivity contribution in [2.75, 3.05) is 45.7 Å². The van der Waals surface area contributed by atoms with Crippen LogP contribution in [0.3, 0.4) is 0 Å². The van der Waals surface area contributed by atoms with Crippen molar-refractivity contribution in [3.63, 3.8) is 0 Å². The zero-order valence-electron chi connectivity index (χ0n) is 14.2. The second kappa shape index (κ2) is 7.55. The fourth-order valence-corrected chi connectivity index (χ4v) is 4.85. The Morgan fingerprint density at radius 1 is 1.31 bits per heavy atom. The average molecular weight is 390 g/mol. The first-order chi connectivity index (χ1) is 12.3. The number of benzene rings is 1. The van der Waals surface area contributed by atoms with E-state index in [1.54, 1.807) is 0 Å². The molecule has 144 valence electrons. The number of rotatable bonds is 4. The summed E-state index contributed by atoms with van der Waals surface area (Å²) < 4.78 is 64.6. The van der Waals surface area contributed by atoms with Crippen LogP contribution >= 0.6 is 0 Å². The van der Waals surface area contributed by atoms with Crippen LogP contribution in [0, 0.1) is 11.6 Å². The summed E-state index contributed by atoms with van der Waals surface area (Å²) >= 11 is 0. The molecule has 7 nitrogen and oxygen atoms in total. The molecule has 2 heterocycles. The van der Waals surface area contributed by atoms with Crippen LogP contribution in [-0.4, -0.2) is 81.4 Å². The number of likely N-dealkylation sites (tertiary alicyclic amines) is 1. The van der Waals surface area contributed by atoms with Gasteiger partial charge >= 0.3 is 0 Å². The zero-order chi connectivity index (χ0) is 18.9. The SMILES string of the molecule is COCCN1[C@@H]2CN(C(=O)c3c(F)cccc3F)C[C@@H]2OCCS1(=O)=O. The second-order valence-corrected chi connectivity index (χ2v) is 8.24. The highest BCUT2D eigenvalue weighted by Crippen LogP contribution is 2.27. The highest BCUT2D eigenvalue weighted by atomic mass is 32.2. The van der Waals surface area contributed by atoms with Crippen LogP contribution in [0.2, 0.25) is 0 Å². The third-order valence-corrected chi connectivity index (χ3v) is 6.47. The number of hydrogen-bond acceptors (Lipinski definition) is 5. The predicted octanol–water partition coefficient (Wildman–Crippen LogP) is 0.466. The van der Waals surface area contributed by atoms with Gasteiger partial charge in [0.1, 0.15) is 17.2 Å². The molecule has 1 aromatic rings. The van der Waals surface area contributed by atoms with Crippen LogP contribution in [0.5, 0.6) is 0 Å². The van der Waals surface area contributed by atoms with Gasteiger partial charge in [0.2, 0.25) is 10.0 Å². The molecule has 10 heteroatoms. The van der Waals surface area contributed by atoms with Crippen molar-refractivity contribution < 1.29 is 31.5 Å². The summed E-state index contributed by atoms with van der Waals surface area (Å²) in [6.07, 6.45) is -0.553. The van der Waals surface area contributed by atoms with Gasteiger partial charge < -0.3 is 14.4 Å². The summed E-state index contributed by atoms with van der Waals surface area (Å²) in [4.78, 5) is 13.8. The highest BCUT2D eigenvalue weighted by Gasteiger charge is 2.46. The Morgan fingerprint density at radius 3 is 2.65 bits per heavy atom. The van der Waals surface area contributed by atoms with E-state index < -0.39 is 45.3 Å². The van der Waals surface area contributed by atoms with Crippen molar-refractivity contribution in [3.8, 4) is 0 Å². The minimum Gasteiger partial charge on any atom is -0.383 e. The molecule has 2 saturated heterocycles. The number of halogens is 2. The lowest BCUT2D eigenvalue weighted by molar-refractivity contribution is 0.0420. The number of ether oxygens (including phenoxy) is 2. The summed E-state index contributed by atoms with van der Waals surface area (Å²) in [5.74, 6) is -2.88. The summed E-state index contributed by atoms with van der Waals surface area (Å²) in [5.41, 5.74) is -0.643. The smallest absolute Gasteiger partial charge is 0.259 e. The van der Waals surface area contributed by atoms with Gasteiger partial charge in [-0.3, -0.25) is 4.79 Å². The summed E-state index contributed by atoms with van der Waals surface area (Å²) in [7, 11) is -2.11. The van der Waals surface area contributed by atoms with Crippen molar-refractivity contribution in [1.29, 1.82) is 0 Å². The number of fused-ring (bicyclic) bond motifs is 1. The quantitative estimate of drug-likeness (QED) is 0.747. The van der Waals surface area contributed by atoms with E-state index in [0.717, 1.165) is 12.1 Å². The van der Waals surface area contributed by atoms with E-state index in [2.05, 4.69) is 0 Å². The second-order valence-electron chi connectivity index (χ2n) is 6.20. The molecule has 2 aliphatic rings. The third-order valence-electron chi connectivity index (χ3n) is 4.62. The Hall–Kier alpha value is -1.62. The summed E-state index contributed by atoms with van der Waals surface area (Å²) in [5, 5.41) is 0. The minimum absolute atomic E-state index is 0.000217. The normalized spacial score (nSPS) is 25.7. The van der Waals surface area contributed by atoms with Gasteiger partial charge in [-0.25, -0.2) is 17.2 Å².